The van der Waals surface area contributed by atoms with Gasteiger partial charge in [-0.3, -0.25) is 4.79 Å². The Kier molecular flexibility index (Phi) is 3.64. The predicted octanol–water partition coefficient (Wildman–Crippen LogP) is 4.85. The van der Waals surface area contributed by atoms with Gasteiger partial charge in [-0.2, -0.15) is 0 Å². The third-order valence-corrected chi connectivity index (χ3v) is 4.45. The van der Waals surface area contributed by atoms with Crippen LogP contribution in [0.5, 0.6) is 0 Å². The summed E-state index contributed by atoms with van der Waals surface area (Å²) in [4.78, 5) is 13.3. The minimum absolute atomic E-state index is 0.0792. The fourth-order valence-electron chi connectivity index (χ4n) is 2.09. The summed E-state index contributed by atoms with van der Waals surface area (Å²) in [5.74, 6) is 0.140. The lowest BCUT2D eigenvalue weighted by atomic mass is 10.0. The minimum Gasteiger partial charge on any atom is -0.289 e. The predicted molar refractivity (Wildman–Crippen MR) is 80.9 cm³/mol. The van der Waals surface area contributed by atoms with Gasteiger partial charge in [0.05, 0.1) is 0 Å². The maximum atomic E-state index is 13.6. The second-order valence-electron chi connectivity index (χ2n) is 4.45. The van der Waals surface area contributed by atoms with Gasteiger partial charge < -0.3 is 0 Å². The summed E-state index contributed by atoms with van der Waals surface area (Å²) in [6, 6.07) is 11.7. The topological polar surface area (TPSA) is 17.1 Å². The van der Waals surface area contributed by atoms with Crippen molar-refractivity contribution in [2.75, 3.05) is 5.75 Å². The first-order chi connectivity index (χ1) is 9.65. The number of carbonyl (C=O) groups is 1. The number of rotatable bonds is 1. The number of hydrogen-bond acceptors (Lipinski definition) is 2. The van der Waals surface area contributed by atoms with Gasteiger partial charge in [-0.15, -0.1) is 11.8 Å². The fraction of sp³-hybridized carbons (Fsp3) is 0.0625. The summed E-state index contributed by atoms with van der Waals surface area (Å²) in [7, 11) is 0. The monoisotopic (exact) mass is 304 g/mol. The van der Waals surface area contributed by atoms with Gasteiger partial charge in [0.1, 0.15) is 5.82 Å². The molecule has 1 aliphatic heterocycles. The lowest BCUT2D eigenvalue weighted by Gasteiger charge is -2.17. The Morgan fingerprint density at radius 2 is 2.00 bits per heavy atom. The average molecular weight is 305 g/mol. The van der Waals surface area contributed by atoms with Gasteiger partial charge in [0.2, 0.25) is 0 Å². The number of hydrogen-bond donors (Lipinski definition) is 0. The van der Waals surface area contributed by atoms with Gasteiger partial charge in [0.15, 0.2) is 5.78 Å². The minimum atomic E-state index is -0.324. The van der Waals surface area contributed by atoms with Crippen molar-refractivity contribution in [1.29, 1.82) is 0 Å². The van der Waals surface area contributed by atoms with Crippen molar-refractivity contribution in [2.45, 2.75) is 4.90 Å². The number of carbonyl (C=O) groups excluding carboxylic acids is 1. The Bertz CT molecular complexity index is 724. The highest BCUT2D eigenvalue weighted by Gasteiger charge is 2.22. The zero-order valence-corrected chi connectivity index (χ0v) is 12.0. The molecule has 0 bridgehead atoms. The average Bonchev–Trinajstić information content (AvgIpc) is 2.45. The lowest BCUT2D eigenvalue weighted by Crippen LogP contribution is -2.12. The smallest absolute Gasteiger partial charge is 0.191 e. The van der Waals surface area contributed by atoms with Crippen molar-refractivity contribution >= 4 is 35.2 Å². The molecule has 2 aromatic carbocycles. The maximum absolute atomic E-state index is 13.6. The molecule has 0 amide bonds. The molecule has 0 saturated carbocycles. The van der Waals surface area contributed by atoms with Crippen LogP contribution in [0.15, 0.2) is 52.9 Å². The molecule has 0 unspecified atom stereocenters. The van der Waals surface area contributed by atoms with Crippen molar-refractivity contribution in [3.05, 3.63) is 70.0 Å². The molecule has 0 atom stereocenters. The summed E-state index contributed by atoms with van der Waals surface area (Å²) in [5, 5.41) is 0.532. The van der Waals surface area contributed by atoms with Crippen molar-refractivity contribution in [3.8, 4) is 0 Å². The van der Waals surface area contributed by atoms with E-state index in [2.05, 4.69) is 0 Å². The van der Waals surface area contributed by atoms with E-state index >= 15 is 0 Å². The first-order valence-corrected chi connectivity index (χ1v) is 7.43. The highest BCUT2D eigenvalue weighted by atomic mass is 35.5. The summed E-state index contributed by atoms with van der Waals surface area (Å²) in [6.45, 7) is 0. The number of thioether (sulfide) groups is 1. The van der Waals surface area contributed by atoms with Gasteiger partial charge in [0.25, 0.3) is 0 Å². The molecule has 0 saturated heterocycles. The largest absolute Gasteiger partial charge is 0.289 e. The molecule has 100 valence electrons. The van der Waals surface area contributed by atoms with Gasteiger partial charge >= 0.3 is 0 Å². The quantitative estimate of drug-likeness (QED) is 0.700. The number of fused-ring (bicyclic) bond motifs is 1. The first-order valence-electron chi connectivity index (χ1n) is 6.07. The van der Waals surface area contributed by atoms with E-state index in [1.54, 1.807) is 48.2 Å². The van der Waals surface area contributed by atoms with Crippen LogP contribution in [-0.4, -0.2) is 11.5 Å². The molecule has 1 nitrogen and oxygen atoms in total. The van der Waals surface area contributed by atoms with E-state index in [1.807, 2.05) is 6.07 Å². The van der Waals surface area contributed by atoms with Crippen LogP contribution in [0.3, 0.4) is 0 Å². The van der Waals surface area contributed by atoms with Crippen molar-refractivity contribution in [1.82, 2.24) is 0 Å². The molecule has 20 heavy (non-hydrogen) atoms. The summed E-state index contributed by atoms with van der Waals surface area (Å²) >= 11 is 7.50. The molecule has 0 aliphatic carbocycles. The van der Waals surface area contributed by atoms with E-state index in [0.29, 0.717) is 27.5 Å². The zero-order valence-electron chi connectivity index (χ0n) is 10.4. The normalized spacial score (nSPS) is 16.3. The van der Waals surface area contributed by atoms with Crippen LogP contribution in [0.2, 0.25) is 5.02 Å². The third-order valence-electron chi connectivity index (χ3n) is 3.10. The van der Waals surface area contributed by atoms with Crippen LogP contribution in [0.25, 0.3) is 6.08 Å². The third kappa shape index (κ3) is 2.51. The molecule has 0 aromatic heterocycles. The molecule has 4 heteroatoms. The van der Waals surface area contributed by atoms with Crippen molar-refractivity contribution in [2.24, 2.45) is 0 Å². The summed E-state index contributed by atoms with van der Waals surface area (Å²) in [6.07, 6.45) is 1.62. The number of Topliss-reactive ketones (excluding diaryl/α,β-unsaturated/α-hetero) is 1. The Labute approximate surface area is 125 Å². The van der Waals surface area contributed by atoms with Crippen LogP contribution in [-0.2, 0) is 0 Å². The molecule has 3 rings (SSSR count). The molecule has 0 radical (unpaired) electrons. The van der Waals surface area contributed by atoms with E-state index in [0.717, 1.165) is 4.90 Å². The standard InChI is InChI=1S/C16H10ClFOS/c17-12-5-6-15-13(8-12)16(19)11(9-20-15)7-10-3-1-2-4-14(10)18/h1-8H,9H2/b11-7-. The van der Waals surface area contributed by atoms with Gasteiger partial charge in [-0.05, 0) is 30.3 Å². The SMILES string of the molecule is O=C1/C(=C\c2ccccc2F)CSc2ccc(Cl)cc21. The summed E-state index contributed by atoms with van der Waals surface area (Å²) in [5.41, 5.74) is 1.62. The van der Waals surface area contributed by atoms with Crippen LogP contribution < -0.4 is 0 Å². The fourth-order valence-corrected chi connectivity index (χ4v) is 3.26. The second kappa shape index (κ2) is 5.43. The molecule has 0 spiro atoms. The number of halogens is 2. The van der Waals surface area contributed by atoms with Gasteiger partial charge in [-0.1, -0.05) is 29.8 Å². The molecule has 1 heterocycles. The molecule has 0 fully saturated rings. The van der Waals surface area contributed by atoms with Crippen LogP contribution >= 0.6 is 23.4 Å². The lowest BCUT2D eigenvalue weighted by molar-refractivity contribution is 0.103. The molecule has 2 aromatic rings. The Morgan fingerprint density at radius 1 is 1.20 bits per heavy atom. The van der Waals surface area contributed by atoms with Crippen LogP contribution in [0.4, 0.5) is 4.39 Å². The van der Waals surface area contributed by atoms with E-state index in [4.69, 9.17) is 11.6 Å². The van der Waals surface area contributed by atoms with E-state index in [1.165, 1.54) is 6.07 Å². The Hall–Kier alpha value is -1.58. The van der Waals surface area contributed by atoms with E-state index < -0.39 is 0 Å². The Morgan fingerprint density at radius 3 is 2.80 bits per heavy atom. The van der Waals surface area contributed by atoms with E-state index in [-0.39, 0.29) is 11.6 Å². The highest BCUT2D eigenvalue weighted by molar-refractivity contribution is 7.99. The van der Waals surface area contributed by atoms with Crippen molar-refractivity contribution in [3.63, 3.8) is 0 Å². The molecular weight excluding hydrogens is 295 g/mol. The maximum Gasteiger partial charge on any atom is 0.191 e. The zero-order chi connectivity index (χ0) is 14.1. The second-order valence-corrected chi connectivity index (χ2v) is 5.90. The van der Waals surface area contributed by atoms with Crippen LogP contribution in [0, 0.1) is 5.82 Å². The highest BCUT2D eigenvalue weighted by Crippen LogP contribution is 2.35. The number of ketones is 1. The first kappa shape index (κ1) is 13.4. The Balaban J connectivity index is 2.02. The van der Waals surface area contributed by atoms with Crippen molar-refractivity contribution < 1.29 is 9.18 Å². The molecule has 1 aliphatic rings. The summed E-state index contributed by atoms with van der Waals surface area (Å²) < 4.78 is 13.6. The van der Waals surface area contributed by atoms with Gasteiger partial charge in [-0.25, -0.2) is 4.39 Å². The van der Waals surface area contributed by atoms with Crippen LogP contribution in [0.1, 0.15) is 15.9 Å². The molecular formula is C16H10ClFOS. The molecule has 0 N–H and O–H groups in total. The number of benzene rings is 2. The van der Waals surface area contributed by atoms with E-state index in [9.17, 15) is 9.18 Å². The van der Waals surface area contributed by atoms with Gasteiger partial charge in [0, 0.05) is 32.4 Å².